The predicted octanol–water partition coefficient (Wildman–Crippen LogP) is 3.51. The van der Waals surface area contributed by atoms with Crippen LogP contribution in [0.5, 0.6) is 0 Å². The molecule has 0 radical (unpaired) electrons. The highest BCUT2D eigenvalue weighted by Crippen LogP contribution is 2.67. The summed E-state index contributed by atoms with van der Waals surface area (Å²) in [6.07, 6.45) is 8.67. The molecule has 1 unspecified atom stereocenters. The van der Waals surface area contributed by atoms with Gasteiger partial charge in [0.2, 0.25) is 5.69 Å². The van der Waals surface area contributed by atoms with E-state index in [0.29, 0.717) is 28.6 Å². The fourth-order valence-corrected chi connectivity index (χ4v) is 7.76. The number of aromatic nitrogens is 2. The van der Waals surface area contributed by atoms with Gasteiger partial charge < -0.3 is 9.94 Å². The van der Waals surface area contributed by atoms with E-state index in [1.165, 1.54) is 26.2 Å². The van der Waals surface area contributed by atoms with Gasteiger partial charge >= 0.3 is 5.97 Å². The first-order valence-electron chi connectivity index (χ1n) is 10.6. The fraction of sp³-hybridized carbons (Fsp3) is 0.857. The van der Waals surface area contributed by atoms with Gasteiger partial charge in [0.05, 0.1) is 0 Å². The summed E-state index contributed by atoms with van der Waals surface area (Å²) in [5.74, 6) is 2.20. The Morgan fingerprint density at radius 2 is 1.93 bits per heavy atom. The number of hydrogen-bond donors (Lipinski definition) is 0. The van der Waals surface area contributed by atoms with Crippen molar-refractivity contribution in [2.24, 2.45) is 28.6 Å². The zero-order valence-corrected chi connectivity index (χ0v) is 16.6. The Morgan fingerprint density at radius 1 is 1.15 bits per heavy atom. The maximum Gasteiger partial charge on any atom is 0.302 e. The Bertz CT molecular complexity index is 776. The van der Waals surface area contributed by atoms with Gasteiger partial charge in [-0.15, -0.1) is 0 Å². The molecular weight excluding hydrogens is 344 g/mol. The predicted molar refractivity (Wildman–Crippen MR) is 96.5 cm³/mol. The third-order valence-electron chi connectivity index (χ3n) is 9.05. The second-order valence-electron chi connectivity index (χ2n) is 9.99. The SMILES string of the molecule is CC(=O)OC1CC[C@H]2[C@@H]3CC[C@H]4c5no[n+]([O-])c5CC[C@]4(C)[C@H]3CC[C@]12C. The van der Waals surface area contributed by atoms with E-state index in [1.54, 1.807) is 0 Å². The molecule has 0 amide bonds. The van der Waals surface area contributed by atoms with E-state index in [0.717, 1.165) is 43.5 Å². The van der Waals surface area contributed by atoms with E-state index in [1.807, 2.05) is 0 Å². The number of nitrogens with zero attached hydrogens (tertiary/aromatic N) is 2. The lowest BCUT2D eigenvalue weighted by molar-refractivity contribution is -0.808. The highest BCUT2D eigenvalue weighted by atomic mass is 16.8. The van der Waals surface area contributed by atoms with Crippen LogP contribution in [0.1, 0.15) is 83.0 Å². The van der Waals surface area contributed by atoms with Gasteiger partial charge in [0, 0.05) is 29.8 Å². The molecule has 1 aromatic heterocycles. The summed E-state index contributed by atoms with van der Waals surface area (Å²) >= 11 is 0. The lowest BCUT2D eigenvalue weighted by atomic mass is 9.45. The molecule has 0 bridgehead atoms. The van der Waals surface area contributed by atoms with Crippen molar-refractivity contribution >= 4 is 5.97 Å². The van der Waals surface area contributed by atoms with E-state index in [4.69, 9.17) is 9.37 Å². The lowest BCUT2D eigenvalue weighted by Crippen LogP contribution is -2.53. The minimum atomic E-state index is -0.142. The van der Waals surface area contributed by atoms with Crippen molar-refractivity contribution < 1.29 is 19.1 Å². The van der Waals surface area contributed by atoms with E-state index in [-0.39, 0.29) is 22.9 Å². The van der Waals surface area contributed by atoms with Crippen LogP contribution < -0.4 is 4.90 Å². The van der Waals surface area contributed by atoms with Gasteiger partial charge in [0.15, 0.2) is 5.69 Å². The Balaban J connectivity index is 1.45. The van der Waals surface area contributed by atoms with E-state index < -0.39 is 0 Å². The van der Waals surface area contributed by atoms with E-state index >= 15 is 0 Å². The highest BCUT2D eigenvalue weighted by molar-refractivity contribution is 5.66. The second-order valence-corrected chi connectivity index (χ2v) is 9.99. The van der Waals surface area contributed by atoms with Gasteiger partial charge in [-0.1, -0.05) is 13.8 Å². The summed E-state index contributed by atoms with van der Waals surface area (Å²) in [4.78, 5) is 12.2. The van der Waals surface area contributed by atoms with E-state index in [9.17, 15) is 10.0 Å². The number of ether oxygens (including phenoxy) is 1. The van der Waals surface area contributed by atoms with Crippen molar-refractivity contribution in [1.82, 2.24) is 5.16 Å². The van der Waals surface area contributed by atoms with Gasteiger partial charge in [0.1, 0.15) is 6.10 Å². The summed E-state index contributed by atoms with van der Waals surface area (Å²) in [5, 5.41) is 16.1. The second kappa shape index (κ2) is 5.71. The highest BCUT2D eigenvalue weighted by Gasteiger charge is 2.62. The molecule has 5 rings (SSSR count). The molecule has 3 fully saturated rings. The molecule has 148 valence electrons. The van der Waals surface area contributed by atoms with Crippen LogP contribution in [0.15, 0.2) is 4.63 Å². The number of hydrogen-bond acceptors (Lipinski definition) is 5. The van der Waals surface area contributed by atoms with Gasteiger partial charge in [-0.3, -0.25) is 9.42 Å². The molecule has 0 saturated heterocycles. The minimum absolute atomic E-state index is 0.0828. The minimum Gasteiger partial charge on any atom is -0.462 e. The van der Waals surface area contributed by atoms with Crippen molar-refractivity contribution in [1.29, 1.82) is 0 Å². The molecule has 3 saturated carbocycles. The summed E-state index contributed by atoms with van der Waals surface area (Å²) in [6, 6.07) is 0. The standard InChI is InChI=1S/C21H30N2O4/c1-12(24)26-18-7-6-14-13-4-5-16-19-17(23(25)27-22-19)9-11-20(16,2)15(13)8-10-21(14,18)3/h13-16,18H,4-11H2,1-3H3/t13-,14-,15-,16-,18?,20+,21-/m0/s1. The normalized spacial score (nSPS) is 45.4. The van der Waals surface area contributed by atoms with Crippen LogP contribution in [0.2, 0.25) is 0 Å². The molecule has 0 N–H and O–H groups in total. The molecular formula is C21H30N2O4. The van der Waals surface area contributed by atoms with Gasteiger partial charge in [0.25, 0.3) is 0 Å². The monoisotopic (exact) mass is 374 g/mol. The molecule has 7 atom stereocenters. The number of carbonyl (C=O) groups is 1. The van der Waals surface area contributed by atoms with Crippen LogP contribution in [0.4, 0.5) is 0 Å². The van der Waals surface area contributed by atoms with Crippen LogP contribution in [0, 0.1) is 33.8 Å². The number of fused-ring (bicyclic) bond motifs is 7. The molecule has 6 nitrogen and oxygen atoms in total. The summed E-state index contributed by atoms with van der Waals surface area (Å²) in [7, 11) is 0. The quantitative estimate of drug-likeness (QED) is 0.555. The van der Waals surface area contributed by atoms with Crippen molar-refractivity contribution in [2.45, 2.75) is 84.2 Å². The third-order valence-corrected chi connectivity index (χ3v) is 9.05. The smallest absolute Gasteiger partial charge is 0.302 e. The topological polar surface area (TPSA) is 79.3 Å². The van der Waals surface area contributed by atoms with Gasteiger partial charge in [-0.2, -0.15) is 0 Å². The number of carbonyl (C=O) groups excluding carboxylic acids is 1. The largest absolute Gasteiger partial charge is 0.462 e. The molecule has 4 aliphatic rings. The Morgan fingerprint density at radius 3 is 2.70 bits per heavy atom. The average molecular weight is 374 g/mol. The van der Waals surface area contributed by atoms with Crippen LogP contribution in [-0.4, -0.2) is 17.2 Å². The molecule has 27 heavy (non-hydrogen) atoms. The molecule has 0 aliphatic heterocycles. The first kappa shape index (κ1) is 17.5. The van der Waals surface area contributed by atoms with Crippen molar-refractivity contribution in [2.75, 3.05) is 0 Å². The van der Waals surface area contributed by atoms with Gasteiger partial charge in [-0.05, 0) is 73.0 Å². The zero-order valence-electron chi connectivity index (χ0n) is 16.6. The zero-order chi connectivity index (χ0) is 19.0. The first-order valence-corrected chi connectivity index (χ1v) is 10.6. The van der Waals surface area contributed by atoms with Crippen LogP contribution >= 0.6 is 0 Å². The van der Waals surface area contributed by atoms with Gasteiger partial charge in [-0.25, -0.2) is 0 Å². The molecule has 4 aliphatic carbocycles. The molecule has 1 heterocycles. The lowest BCUT2D eigenvalue weighted by Gasteiger charge is -2.58. The van der Waals surface area contributed by atoms with Crippen molar-refractivity contribution in [3.63, 3.8) is 0 Å². The van der Waals surface area contributed by atoms with Crippen LogP contribution in [0.25, 0.3) is 0 Å². The molecule has 0 aromatic carbocycles. The Kier molecular flexibility index (Phi) is 3.70. The third kappa shape index (κ3) is 2.27. The number of esters is 1. The Hall–Kier alpha value is -1.59. The van der Waals surface area contributed by atoms with Crippen molar-refractivity contribution in [3.8, 4) is 0 Å². The molecule has 6 heteroatoms. The fourth-order valence-electron chi connectivity index (χ4n) is 7.76. The molecule has 0 spiro atoms. The summed E-state index contributed by atoms with van der Waals surface area (Å²) in [5.41, 5.74) is 2.00. The van der Waals surface area contributed by atoms with E-state index in [2.05, 4.69) is 19.0 Å². The maximum atomic E-state index is 11.9. The Labute approximate surface area is 160 Å². The maximum absolute atomic E-state index is 11.9. The summed E-state index contributed by atoms with van der Waals surface area (Å²) in [6.45, 7) is 6.33. The summed E-state index contributed by atoms with van der Waals surface area (Å²) < 4.78 is 10.7. The van der Waals surface area contributed by atoms with Crippen LogP contribution in [0.3, 0.4) is 0 Å². The van der Waals surface area contributed by atoms with Crippen LogP contribution in [-0.2, 0) is 16.0 Å². The number of rotatable bonds is 1. The molecule has 1 aromatic rings. The first-order chi connectivity index (χ1) is 12.8. The van der Waals surface area contributed by atoms with Crippen molar-refractivity contribution in [3.05, 3.63) is 16.6 Å². The average Bonchev–Trinajstić information content (AvgIpc) is 3.14.